The van der Waals surface area contributed by atoms with E-state index >= 15 is 0 Å². The molecule has 0 aliphatic carbocycles. The Morgan fingerprint density at radius 2 is 1.81 bits per heavy atom. The average molecular weight is 302 g/mol. The SMILES string of the molecule is Fc1ccc(-c2ccc(CNc3cccc(Cl)c3)o2)cc1. The third kappa shape index (κ3) is 3.44. The highest BCUT2D eigenvalue weighted by atomic mass is 35.5. The molecule has 2 aromatic carbocycles. The first-order valence-electron chi connectivity index (χ1n) is 6.55. The van der Waals surface area contributed by atoms with Crippen LogP contribution in [0.2, 0.25) is 5.02 Å². The van der Waals surface area contributed by atoms with E-state index in [1.165, 1.54) is 12.1 Å². The molecule has 0 fully saturated rings. The Bertz CT molecular complexity index is 737. The fourth-order valence-electron chi connectivity index (χ4n) is 2.03. The largest absolute Gasteiger partial charge is 0.459 e. The van der Waals surface area contributed by atoms with Gasteiger partial charge >= 0.3 is 0 Å². The molecule has 1 N–H and O–H groups in total. The van der Waals surface area contributed by atoms with Gasteiger partial charge in [0.05, 0.1) is 6.54 Å². The average Bonchev–Trinajstić information content (AvgIpc) is 2.95. The highest BCUT2D eigenvalue weighted by molar-refractivity contribution is 6.30. The number of rotatable bonds is 4. The number of hydrogen-bond donors (Lipinski definition) is 1. The van der Waals surface area contributed by atoms with Crippen molar-refractivity contribution in [1.29, 1.82) is 0 Å². The Kier molecular flexibility index (Phi) is 3.93. The van der Waals surface area contributed by atoms with E-state index in [-0.39, 0.29) is 5.82 Å². The standard InChI is InChI=1S/C17H13ClFNO/c18-13-2-1-3-15(10-13)20-11-16-8-9-17(21-16)12-4-6-14(19)7-5-12/h1-10,20H,11H2. The Hall–Kier alpha value is -2.26. The van der Waals surface area contributed by atoms with Crippen molar-refractivity contribution in [3.05, 3.63) is 77.3 Å². The van der Waals surface area contributed by atoms with Crippen molar-refractivity contribution in [1.82, 2.24) is 0 Å². The summed E-state index contributed by atoms with van der Waals surface area (Å²) in [5.74, 6) is 1.26. The minimum Gasteiger partial charge on any atom is -0.459 e. The summed E-state index contributed by atoms with van der Waals surface area (Å²) in [5, 5.41) is 3.92. The maximum absolute atomic E-state index is 12.9. The summed E-state index contributed by atoms with van der Waals surface area (Å²) in [4.78, 5) is 0. The molecule has 0 unspecified atom stereocenters. The van der Waals surface area contributed by atoms with Crippen LogP contribution in [-0.2, 0) is 6.54 Å². The molecule has 1 heterocycles. The second-order valence-electron chi connectivity index (χ2n) is 4.64. The monoisotopic (exact) mass is 301 g/mol. The zero-order valence-corrected chi connectivity index (χ0v) is 11.9. The first-order chi connectivity index (χ1) is 10.2. The lowest BCUT2D eigenvalue weighted by Gasteiger charge is -2.04. The number of benzene rings is 2. The van der Waals surface area contributed by atoms with Gasteiger partial charge in [-0.1, -0.05) is 17.7 Å². The first-order valence-corrected chi connectivity index (χ1v) is 6.92. The van der Waals surface area contributed by atoms with Crippen molar-refractivity contribution < 1.29 is 8.81 Å². The maximum Gasteiger partial charge on any atom is 0.134 e. The molecule has 4 heteroatoms. The van der Waals surface area contributed by atoms with Gasteiger partial charge in [-0.15, -0.1) is 0 Å². The second kappa shape index (κ2) is 6.02. The first kappa shape index (κ1) is 13.7. The van der Waals surface area contributed by atoms with E-state index in [9.17, 15) is 4.39 Å². The predicted octanol–water partition coefficient (Wildman–Crippen LogP) is 5.35. The van der Waals surface area contributed by atoms with Crippen LogP contribution >= 0.6 is 11.6 Å². The van der Waals surface area contributed by atoms with E-state index in [0.717, 1.165) is 22.8 Å². The van der Waals surface area contributed by atoms with Crippen LogP contribution in [-0.4, -0.2) is 0 Å². The molecule has 0 bridgehead atoms. The summed E-state index contributed by atoms with van der Waals surface area (Å²) >= 11 is 5.93. The maximum atomic E-state index is 12.9. The fourth-order valence-corrected chi connectivity index (χ4v) is 2.22. The molecule has 0 amide bonds. The van der Waals surface area contributed by atoms with E-state index in [1.807, 2.05) is 36.4 Å². The fraction of sp³-hybridized carbons (Fsp3) is 0.0588. The van der Waals surface area contributed by atoms with Crippen molar-refractivity contribution in [2.24, 2.45) is 0 Å². The van der Waals surface area contributed by atoms with E-state index in [1.54, 1.807) is 12.1 Å². The molecular weight excluding hydrogens is 289 g/mol. The lowest BCUT2D eigenvalue weighted by Crippen LogP contribution is -1.97. The number of halogens is 2. The van der Waals surface area contributed by atoms with Crippen molar-refractivity contribution in [2.45, 2.75) is 6.54 Å². The van der Waals surface area contributed by atoms with Crippen LogP contribution in [0, 0.1) is 5.82 Å². The topological polar surface area (TPSA) is 25.2 Å². The van der Waals surface area contributed by atoms with E-state index < -0.39 is 0 Å². The van der Waals surface area contributed by atoms with Crippen molar-refractivity contribution in [2.75, 3.05) is 5.32 Å². The highest BCUT2D eigenvalue weighted by Gasteiger charge is 2.05. The molecule has 106 valence electrons. The summed E-state index contributed by atoms with van der Waals surface area (Å²) in [6.45, 7) is 0.557. The minimum absolute atomic E-state index is 0.256. The summed E-state index contributed by atoms with van der Waals surface area (Å²) in [5.41, 5.74) is 1.78. The highest BCUT2D eigenvalue weighted by Crippen LogP contribution is 2.23. The molecule has 0 saturated heterocycles. The normalized spacial score (nSPS) is 10.6. The van der Waals surface area contributed by atoms with Crippen LogP contribution in [0.4, 0.5) is 10.1 Å². The van der Waals surface area contributed by atoms with Crippen molar-refractivity contribution in [3.63, 3.8) is 0 Å². The lowest BCUT2D eigenvalue weighted by atomic mass is 10.2. The van der Waals surface area contributed by atoms with Gasteiger partial charge in [-0.3, -0.25) is 0 Å². The summed E-state index contributed by atoms with van der Waals surface area (Å²) in [6, 6.07) is 17.5. The minimum atomic E-state index is -0.256. The zero-order chi connectivity index (χ0) is 14.7. The Balaban J connectivity index is 1.69. The smallest absolute Gasteiger partial charge is 0.134 e. The van der Waals surface area contributed by atoms with Gasteiger partial charge in [0.25, 0.3) is 0 Å². The predicted molar refractivity (Wildman–Crippen MR) is 82.9 cm³/mol. The molecule has 0 spiro atoms. The second-order valence-corrected chi connectivity index (χ2v) is 5.07. The van der Waals surface area contributed by atoms with Crippen LogP contribution in [0.25, 0.3) is 11.3 Å². The third-order valence-electron chi connectivity index (χ3n) is 3.08. The quantitative estimate of drug-likeness (QED) is 0.702. The van der Waals surface area contributed by atoms with Gasteiger partial charge in [-0.05, 0) is 54.6 Å². The molecule has 0 saturated carbocycles. The van der Waals surface area contributed by atoms with Gasteiger partial charge in [0.1, 0.15) is 17.3 Å². The molecular formula is C17H13ClFNO. The van der Waals surface area contributed by atoms with Gasteiger partial charge in [0.15, 0.2) is 0 Å². The number of furan rings is 1. The van der Waals surface area contributed by atoms with E-state index in [2.05, 4.69) is 5.32 Å². The zero-order valence-electron chi connectivity index (χ0n) is 11.1. The van der Waals surface area contributed by atoms with Gasteiger partial charge < -0.3 is 9.73 Å². The summed E-state index contributed by atoms with van der Waals surface area (Å²) < 4.78 is 18.6. The number of anilines is 1. The molecule has 21 heavy (non-hydrogen) atoms. The molecule has 1 aromatic heterocycles. The van der Waals surface area contributed by atoms with Crippen LogP contribution in [0.15, 0.2) is 65.1 Å². The number of nitrogens with one attached hydrogen (secondary N) is 1. The molecule has 0 atom stereocenters. The molecule has 0 aliphatic heterocycles. The third-order valence-corrected chi connectivity index (χ3v) is 3.32. The van der Waals surface area contributed by atoms with Crippen molar-refractivity contribution >= 4 is 17.3 Å². The molecule has 0 aliphatic rings. The van der Waals surface area contributed by atoms with Gasteiger partial charge in [-0.25, -0.2) is 4.39 Å². The molecule has 3 aromatic rings. The van der Waals surface area contributed by atoms with Crippen LogP contribution < -0.4 is 5.32 Å². The van der Waals surface area contributed by atoms with Crippen LogP contribution in [0.5, 0.6) is 0 Å². The van der Waals surface area contributed by atoms with Gasteiger partial charge in [-0.2, -0.15) is 0 Å². The van der Waals surface area contributed by atoms with E-state index in [0.29, 0.717) is 11.6 Å². The van der Waals surface area contributed by atoms with E-state index in [4.69, 9.17) is 16.0 Å². The van der Waals surface area contributed by atoms with Crippen LogP contribution in [0.1, 0.15) is 5.76 Å². The van der Waals surface area contributed by atoms with Gasteiger partial charge in [0.2, 0.25) is 0 Å². The molecule has 3 rings (SSSR count). The van der Waals surface area contributed by atoms with Crippen molar-refractivity contribution in [3.8, 4) is 11.3 Å². The Morgan fingerprint density at radius 1 is 1.00 bits per heavy atom. The number of hydrogen-bond acceptors (Lipinski definition) is 2. The Morgan fingerprint density at radius 3 is 2.57 bits per heavy atom. The van der Waals surface area contributed by atoms with Crippen LogP contribution in [0.3, 0.4) is 0 Å². The Labute approximate surface area is 127 Å². The summed E-state index contributed by atoms with van der Waals surface area (Å²) in [6.07, 6.45) is 0. The molecule has 2 nitrogen and oxygen atoms in total. The van der Waals surface area contributed by atoms with Gasteiger partial charge in [0, 0.05) is 16.3 Å². The summed E-state index contributed by atoms with van der Waals surface area (Å²) in [7, 11) is 0. The molecule has 0 radical (unpaired) electrons. The lowest BCUT2D eigenvalue weighted by molar-refractivity contribution is 0.531.